The summed E-state index contributed by atoms with van der Waals surface area (Å²) in [7, 11) is 1.55. The number of nitrogens with two attached hydrogens (primary N) is 1. The van der Waals surface area contributed by atoms with Crippen molar-refractivity contribution in [3.63, 3.8) is 0 Å². The molecule has 3 amide bonds. The van der Waals surface area contributed by atoms with Crippen LogP contribution in [0.25, 0.3) is 0 Å². The zero-order valence-corrected chi connectivity index (χ0v) is 15.1. The fraction of sp³-hybridized carbons (Fsp3) is 0.643. The lowest BCUT2D eigenvalue weighted by Crippen LogP contribution is -2.31. The van der Waals surface area contributed by atoms with Crippen LogP contribution >= 0.6 is 23.3 Å². The van der Waals surface area contributed by atoms with E-state index in [9.17, 15) is 9.59 Å². The van der Waals surface area contributed by atoms with Crippen molar-refractivity contribution in [2.45, 2.75) is 37.6 Å². The molecule has 0 atom stereocenters. The van der Waals surface area contributed by atoms with Crippen LogP contribution in [0.2, 0.25) is 0 Å². The number of primary amides is 1. The second-order valence-corrected chi connectivity index (χ2v) is 6.70. The van der Waals surface area contributed by atoms with Crippen molar-refractivity contribution in [2.75, 3.05) is 31.3 Å². The fourth-order valence-electron chi connectivity index (χ4n) is 1.79. The number of amides is 3. The number of urea groups is 1. The summed E-state index contributed by atoms with van der Waals surface area (Å²) in [5, 5.41) is 6.20. The van der Waals surface area contributed by atoms with Gasteiger partial charge in [-0.3, -0.25) is 10.1 Å². The van der Waals surface area contributed by atoms with Gasteiger partial charge in [-0.2, -0.15) is 4.37 Å². The maximum Gasteiger partial charge on any atom is 0.319 e. The molecule has 0 bridgehead atoms. The van der Waals surface area contributed by atoms with Crippen LogP contribution in [-0.4, -0.2) is 42.3 Å². The molecule has 0 aliphatic heterocycles. The van der Waals surface area contributed by atoms with Gasteiger partial charge in [-0.1, -0.05) is 26.2 Å². The molecule has 1 aromatic heterocycles. The molecular weight excluding hydrogens is 336 g/mol. The minimum atomic E-state index is -0.581. The van der Waals surface area contributed by atoms with Crippen LogP contribution < -0.4 is 16.4 Å². The quantitative estimate of drug-likeness (QED) is 0.415. The van der Waals surface area contributed by atoms with Gasteiger partial charge in [0.25, 0.3) is 5.91 Å². The number of nitrogens with zero attached hydrogens (tertiary/aromatic N) is 1. The Morgan fingerprint density at radius 1 is 1.35 bits per heavy atom. The van der Waals surface area contributed by atoms with Crippen molar-refractivity contribution in [3.05, 3.63) is 5.56 Å². The van der Waals surface area contributed by atoms with Crippen LogP contribution in [0.5, 0.6) is 0 Å². The minimum absolute atomic E-state index is 0.289. The van der Waals surface area contributed by atoms with Crippen LogP contribution in [0.4, 0.5) is 9.80 Å². The van der Waals surface area contributed by atoms with Gasteiger partial charge >= 0.3 is 6.03 Å². The topological polar surface area (TPSA) is 106 Å². The largest absolute Gasteiger partial charge is 0.383 e. The number of thioether (sulfide) groups is 1. The van der Waals surface area contributed by atoms with E-state index in [1.165, 1.54) is 24.6 Å². The predicted octanol–water partition coefficient (Wildman–Crippen LogP) is 2.68. The summed E-state index contributed by atoms with van der Waals surface area (Å²) in [4.78, 5) is 23.4. The van der Waals surface area contributed by atoms with E-state index in [0.717, 1.165) is 30.1 Å². The molecule has 7 nitrogen and oxygen atoms in total. The first-order chi connectivity index (χ1) is 11.1. The van der Waals surface area contributed by atoms with Crippen LogP contribution in [0.15, 0.2) is 5.03 Å². The highest BCUT2D eigenvalue weighted by atomic mass is 32.2. The Morgan fingerprint density at radius 3 is 2.78 bits per heavy atom. The molecular formula is C14H24N4O3S2. The van der Waals surface area contributed by atoms with E-state index < -0.39 is 11.9 Å². The average molecular weight is 361 g/mol. The molecule has 1 heterocycles. The van der Waals surface area contributed by atoms with E-state index in [1.807, 2.05) is 0 Å². The standard InChI is InChI=1S/C14H24N4O3S2/c1-3-4-5-6-9-22-13-10(11(15)19)12(23-18-13)17-14(20)16-7-8-21-2/h3-9H2,1-2H3,(H2,15,19)(H2,16,17,20). The molecule has 0 aromatic carbocycles. The van der Waals surface area contributed by atoms with Crippen molar-refractivity contribution in [3.8, 4) is 0 Å². The Morgan fingerprint density at radius 2 is 2.13 bits per heavy atom. The third-order valence-corrected chi connectivity index (χ3v) is 4.90. The van der Waals surface area contributed by atoms with Crippen molar-refractivity contribution < 1.29 is 14.3 Å². The highest BCUT2D eigenvalue weighted by molar-refractivity contribution is 7.99. The smallest absolute Gasteiger partial charge is 0.319 e. The van der Waals surface area contributed by atoms with Gasteiger partial charge in [-0.25, -0.2) is 4.79 Å². The van der Waals surface area contributed by atoms with Gasteiger partial charge in [0.1, 0.15) is 15.6 Å². The number of rotatable bonds is 11. The summed E-state index contributed by atoms with van der Waals surface area (Å²) in [6.07, 6.45) is 4.61. The fourth-order valence-corrected chi connectivity index (χ4v) is 3.76. The third-order valence-electron chi connectivity index (χ3n) is 2.96. The summed E-state index contributed by atoms with van der Waals surface area (Å²) >= 11 is 2.57. The van der Waals surface area contributed by atoms with Crippen molar-refractivity contribution in [1.29, 1.82) is 0 Å². The van der Waals surface area contributed by atoms with Crippen LogP contribution in [0.1, 0.15) is 43.0 Å². The van der Waals surface area contributed by atoms with Crippen molar-refractivity contribution in [1.82, 2.24) is 9.69 Å². The van der Waals surface area contributed by atoms with E-state index >= 15 is 0 Å². The lowest BCUT2D eigenvalue weighted by atomic mass is 10.2. The van der Waals surface area contributed by atoms with E-state index in [-0.39, 0.29) is 5.56 Å². The van der Waals surface area contributed by atoms with E-state index in [4.69, 9.17) is 10.5 Å². The van der Waals surface area contributed by atoms with E-state index in [2.05, 4.69) is 21.9 Å². The van der Waals surface area contributed by atoms with Gasteiger partial charge in [0.05, 0.1) is 6.61 Å². The van der Waals surface area contributed by atoms with Gasteiger partial charge in [0, 0.05) is 13.7 Å². The maximum atomic E-state index is 11.7. The molecule has 1 aromatic rings. The number of hydrogen-bond donors (Lipinski definition) is 3. The number of methoxy groups -OCH3 is 1. The first-order valence-corrected chi connectivity index (χ1v) is 9.32. The van der Waals surface area contributed by atoms with Gasteiger partial charge in [-0.15, -0.1) is 11.8 Å². The SMILES string of the molecule is CCCCCCSc1nsc(NC(=O)NCCOC)c1C(N)=O. The van der Waals surface area contributed by atoms with Crippen LogP contribution in [0, 0.1) is 0 Å². The molecule has 130 valence electrons. The molecule has 0 fully saturated rings. The normalized spacial score (nSPS) is 10.5. The number of unbranched alkanes of at least 4 members (excludes halogenated alkanes) is 3. The molecule has 0 unspecified atom stereocenters. The number of hydrogen-bond acceptors (Lipinski definition) is 6. The third kappa shape index (κ3) is 7.19. The van der Waals surface area contributed by atoms with Gasteiger partial charge in [0.2, 0.25) is 0 Å². The Labute approximate surface area is 144 Å². The zero-order valence-electron chi connectivity index (χ0n) is 13.5. The Balaban J connectivity index is 2.59. The summed E-state index contributed by atoms with van der Waals surface area (Å²) in [6, 6.07) is -0.410. The number of ether oxygens (including phenoxy) is 1. The minimum Gasteiger partial charge on any atom is -0.383 e. The molecule has 0 aliphatic carbocycles. The molecule has 0 aliphatic rings. The van der Waals surface area contributed by atoms with Crippen LogP contribution in [-0.2, 0) is 4.74 Å². The average Bonchev–Trinajstić information content (AvgIpc) is 2.90. The molecule has 0 radical (unpaired) electrons. The summed E-state index contributed by atoms with van der Waals surface area (Å²) < 4.78 is 9.09. The van der Waals surface area contributed by atoms with Crippen molar-refractivity contribution >= 4 is 40.2 Å². The summed E-state index contributed by atoms with van der Waals surface area (Å²) in [6.45, 7) is 2.96. The Hall–Kier alpha value is -1.32. The monoisotopic (exact) mass is 360 g/mol. The van der Waals surface area contributed by atoms with Gasteiger partial charge in [-0.05, 0) is 23.7 Å². The number of nitrogens with one attached hydrogen (secondary N) is 2. The summed E-state index contributed by atoms with van der Waals surface area (Å²) in [5.74, 6) is 0.297. The Kier molecular flexibility index (Phi) is 9.65. The van der Waals surface area contributed by atoms with Crippen molar-refractivity contribution in [2.24, 2.45) is 5.73 Å². The molecule has 23 heavy (non-hydrogen) atoms. The summed E-state index contributed by atoms with van der Waals surface area (Å²) in [5.41, 5.74) is 5.72. The number of carbonyl (C=O) groups excluding carboxylic acids is 2. The first-order valence-electron chi connectivity index (χ1n) is 7.56. The number of aromatic nitrogens is 1. The lowest BCUT2D eigenvalue weighted by Gasteiger charge is -2.06. The number of anilines is 1. The first kappa shape index (κ1) is 19.7. The molecule has 1 rings (SSSR count). The molecule has 4 N–H and O–H groups in total. The second kappa shape index (κ2) is 11.3. The second-order valence-electron chi connectivity index (χ2n) is 4.84. The molecule has 0 saturated carbocycles. The highest BCUT2D eigenvalue weighted by Crippen LogP contribution is 2.32. The Bertz CT molecular complexity index is 508. The predicted molar refractivity (Wildman–Crippen MR) is 94.4 cm³/mol. The number of carbonyl (C=O) groups is 2. The molecule has 9 heteroatoms. The van der Waals surface area contributed by atoms with Crippen LogP contribution in [0.3, 0.4) is 0 Å². The van der Waals surface area contributed by atoms with E-state index in [1.54, 1.807) is 7.11 Å². The highest BCUT2D eigenvalue weighted by Gasteiger charge is 2.20. The molecule has 0 saturated heterocycles. The maximum absolute atomic E-state index is 11.7. The van der Waals surface area contributed by atoms with Gasteiger partial charge < -0.3 is 15.8 Å². The zero-order chi connectivity index (χ0) is 17.1. The molecule has 0 spiro atoms. The lowest BCUT2D eigenvalue weighted by molar-refractivity contribution is 0.0998. The van der Waals surface area contributed by atoms with E-state index in [0.29, 0.717) is 23.2 Å². The van der Waals surface area contributed by atoms with Gasteiger partial charge in [0.15, 0.2) is 0 Å².